The zero-order valence-corrected chi connectivity index (χ0v) is 6.28. The fourth-order valence-corrected chi connectivity index (χ4v) is 1.26. The van der Waals surface area contributed by atoms with Gasteiger partial charge in [0.15, 0.2) is 0 Å². The molecule has 0 fully saturated rings. The SMILES string of the molecule is [B]C1=Bc2cc(O)c(O)cc2[B]1. The summed E-state index contributed by atoms with van der Waals surface area (Å²) in [4.78, 5) is 0. The van der Waals surface area contributed by atoms with Crippen molar-refractivity contribution in [3.8, 4) is 11.5 Å². The van der Waals surface area contributed by atoms with Gasteiger partial charge in [-0.05, 0) is 0 Å². The Morgan fingerprint density at radius 2 is 1.67 bits per heavy atom. The van der Waals surface area contributed by atoms with E-state index in [1.165, 1.54) is 12.1 Å². The normalized spacial score (nSPS) is 12.8. The van der Waals surface area contributed by atoms with E-state index in [9.17, 15) is 0 Å². The van der Waals surface area contributed by atoms with E-state index in [0.717, 1.165) is 10.9 Å². The molecule has 0 saturated carbocycles. The summed E-state index contributed by atoms with van der Waals surface area (Å²) in [7, 11) is 7.27. The van der Waals surface area contributed by atoms with Crippen molar-refractivity contribution >= 4 is 38.2 Å². The molecule has 0 amide bonds. The zero-order valence-electron chi connectivity index (χ0n) is 6.28. The van der Waals surface area contributed by atoms with Gasteiger partial charge in [-0.3, -0.25) is 0 Å². The molecule has 2 nitrogen and oxygen atoms in total. The first-order chi connectivity index (χ1) is 5.66. The molecule has 0 atom stereocenters. The first-order valence-electron chi connectivity index (χ1n) is 3.55. The Kier molecular flexibility index (Phi) is 1.53. The molecule has 0 aliphatic carbocycles. The van der Waals surface area contributed by atoms with Crippen molar-refractivity contribution in [1.29, 1.82) is 0 Å². The predicted octanol–water partition coefficient (Wildman–Crippen LogP) is -1.97. The Morgan fingerprint density at radius 3 is 2.33 bits per heavy atom. The van der Waals surface area contributed by atoms with Crippen LogP contribution in [0.3, 0.4) is 0 Å². The van der Waals surface area contributed by atoms with Gasteiger partial charge in [0.25, 0.3) is 0 Å². The second-order valence-electron chi connectivity index (χ2n) is 2.76. The second kappa shape index (κ2) is 2.44. The molecule has 53 valence electrons. The van der Waals surface area contributed by atoms with Gasteiger partial charge in [0.05, 0.1) is 0 Å². The van der Waals surface area contributed by atoms with Crippen LogP contribution in [0.15, 0.2) is 12.1 Å². The fraction of sp³-hybridized carbons (Fsp3) is 0. The summed E-state index contributed by atoms with van der Waals surface area (Å²) in [5.74, 6) is -0.235. The van der Waals surface area contributed by atoms with Gasteiger partial charge >= 0.3 is 72.1 Å². The molecular weight excluding hydrogens is 149 g/mol. The van der Waals surface area contributed by atoms with Crippen molar-refractivity contribution in [2.75, 3.05) is 0 Å². The maximum atomic E-state index is 9.14. The van der Waals surface area contributed by atoms with Gasteiger partial charge in [-0.2, -0.15) is 0 Å². The molecule has 0 saturated heterocycles. The van der Waals surface area contributed by atoms with E-state index >= 15 is 0 Å². The van der Waals surface area contributed by atoms with Crippen LogP contribution in [0.25, 0.3) is 0 Å². The Labute approximate surface area is 72.8 Å². The van der Waals surface area contributed by atoms with Crippen LogP contribution >= 0.6 is 0 Å². The molecule has 1 aromatic carbocycles. The van der Waals surface area contributed by atoms with Crippen molar-refractivity contribution in [3.63, 3.8) is 0 Å². The summed E-state index contributed by atoms with van der Waals surface area (Å²) < 4.78 is 0. The molecule has 0 aromatic heterocycles. The number of aromatic hydroxyl groups is 2. The predicted molar refractivity (Wildman–Crippen MR) is 51.3 cm³/mol. The summed E-state index contributed by atoms with van der Waals surface area (Å²) in [6, 6.07) is 2.97. The molecule has 1 aliphatic rings. The van der Waals surface area contributed by atoms with Crippen LogP contribution in [0.1, 0.15) is 0 Å². The van der Waals surface area contributed by atoms with E-state index in [1.807, 2.05) is 0 Å². The molecule has 0 spiro atoms. The molecule has 2 N–H and O–H groups in total. The number of hydrogen-bond donors (Lipinski definition) is 2. The number of phenolic OH excluding ortho intramolecular Hbond substituents is 2. The first kappa shape index (κ1) is 7.53. The third kappa shape index (κ3) is 1.05. The molecule has 1 aliphatic heterocycles. The Balaban J connectivity index is 2.57. The summed E-state index contributed by atoms with van der Waals surface area (Å²) in [5.41, 5.74) is 1.67. The van der Waals surface area contributed by atoms with E-state index in [-0.39, 0.29) is 11.5 Å². The van der Waals surface area contributed by atoms with Crippen molar-refractivity contribution in [2.24, 2.45) is 0 Å². The summed E-state index contributed by atoms with van der Waals surface area (Å²) in [6.07, 6.45) is 0. The van der Waals surface area contributed by atoms with E-state index in [0.29, 0.717) is 5.26 Å². The molecular formula is C7H4B3O2. The first-order valence-corrected chi connectivity index (χ1v) is 3.55. The zero-order chi connectivity index (χ0) is 8.72. The van der Waals surface area contributed by atoms with E-state index < -0.39 is 0 Å². The summed E-state index contributed by atoms with van der Waals surface area (Å²) >= 11 is 0. The van der Waals surface area contributed by atoms with Gasteiger partial charge in [0, 0.05) is 0 Å². The average molecular weight is 153 g/mol. The number of rotatable bonds is 0. The van der Waals surface area contributed by atoms with Crippen LogP contribution < -0.4 is 10.9 Å². The number of fused-ring (bicyclic) bond motifs is 1. The Bertz CT molecular complexity index is 373. The molecule has 1 heterocycles. The molecule has 5 heteroatoms. The van der Waals surface area contributed by atoms with Gasteiger partial charge in [0.2, 0.25) is 0 Å². The quantitative estimate of drug-likeness (QED) is 0.334. The average Bonchev–Trinajstić information content (AvgIpc) is 2.30. The molecule has 2 rings (SSSR count). The third-order valence-corrected chi connectivity index (χ3v) is 1.82. The molecule has 3 radical (unpaired) electrons. The number of benzene rings is 1. The van der Waals surface area contributed by atoms with Gasteiger partial charge in [-0.1, -0.05) is 0 Å². The monoisotopic (exact) mass is 153 g/mol. The maximum absolute atomic E-state index is 9.14. The summed E-state index contributed by atoms with van der Waals surface area (Å²) in [5, 5.41) is 18.9. The fourth-order valence-electron chi connectivity index (χ4n) is 1.26. The Hall–Kier alpha value is -1.12. The van der Waals surface area contributed by atoms with Crippen molar-refractivity contribution in [3.05, 3.63) is 12.1 Å². The van der Waals surface area contributed by atoms with Crippen LogP contribution in [0.4, 0.5) is 0 Å². The van der Waals surface area contributed by atoms with E-state index in [2.05, 4.69) is 0 Å². The van der Waals surface area contributed by atoms with Crippen LogP contribution in [-0.2, 0) is 0 Å². The molecule has 0 unspecified atom stereocenters. The van der Waals surface area contributed by atoms with E-state index in [1.54, 1.807) is 14.2 Å². The van der Waals surface area contributed by atoms with E-state index in [4.69, 9.17) is 18.1 Å². The third-order valence-electron chi connectivity index (χ3n) is 1.82. The number of hydrogen-bond acceptors (Lipinski definition) is 2. The van der Waals surface area contributed by atoms with Crippen molar-refractivity contribution in [2.45, 2.75) is 0 Å². The second-order valence-corrected chi connectivity index (χ2v) is 2.76. The molecule has 1 aromatic rings. The Morgan fingerprint density at radius 1 is 1.08 bits per heavy atom. The van der Waals surface area contributed by atoms with Gasteiger partial charge < -0.3 is 0 Å². The van der Waals surface area contributed by atoms with Crippen molar-refractivity contribution < 1.29 is 10.2 Å². The minimum absolute atomic E-state index is 0.117. The van der Waals surface area contributed by atoms with Gasteiger partial charge in [-0.25, -0.2) is 0 Å². The van der Waals surface area contributed by atoms with Gasteiger partial charge in [-0.15, -0.1) is 0 Å². The topological polar surface area (TPSA) is 40.5 Å². The standard InChI is InChI=1S/C7H4B3O2/c8-7-9-3-1-5(11)6(12)2-4(3)10-7/h1-2,11-12H. The van der Waals surface area contributed by atoms with Crippen molar-refractivity contribution in [1.82, 2.24) is 0 Å². The minimum atomic E-state index is -0.117. The molecule has 0 bridgehead atoms. The van der Waals surface area contributed by atoms with Crippen LogP contribution in [0, 0.1) is 0 Å². The van der Waals surface area contributed by atoms with Gasteiger partial charge in [0.1, 0.15) is 0 Å². The summed E-state index contributed by atoms with van der Waals surface area (Å²) in [6.45, 7) is 1.74. The van der Waals surface area contributed by atoms with Crippen LogP contribution in [0.5, 0.6) is 11.5 Å². The van der Waals surface area contributed by atoms with Crippen LogP contribution in [0.2, 0.25) is 0 Å². The molecule has 12 heavy (non-hydrogen) atoms. The van der Waals surface area contributed by atoms with Crippen LogP contribution in [-0.4, -0.2) is 37.5 Å². The number of phenols is 2.